The van der Waals surface area contributed by atoms with Gasteiger partial charge in [-0.05, 0) is 0 Å². The standard InChI is InChI=1S/C6H6N4OS/c7-1-2-12-6-9-4(8)3-5(11)10-6/h3H,2H2,(H3,8,9,10,11). The van der Waals surface area contributed by atoms with Crippen LogP contribution in [0.25, 0.3) is 0 Å². The van der Waals surface area contributed by atoms with Gasteiger partial charge >= 0.3 is 0 Å². The number of aromatic amines is 1. The van der Waals surface area contributed by atoms with E-state index in [0.717, 1.165) is 11.8 Å². The second-order valence-corrected chi connectivity index (χ2v) is 2.89. The zero-order valence-corrected chi connectivity index (χ0v) is 6.89. The van der Waals surface area contributed by atoms with Gasteiger partial charge in [0, 0.05) is 6.07 Å². The molecule has 0 aliphatic heterocycles. The molecule has 0 fully saturated rings. The first kappa shape index (κ1) is 8.62. The Morgan fingerprint density at radius 3 is 3.17 bits per heavy atom. The summed E-state index contributed by atoms with van der Waals surface area (Å²) in [4.78, 5) is 17.1. The van der Waals surface area contributed by atoms with Gasteiger partial charge < -0.3 is 10.7 Å². The topological polar surface area (TPSA) is 95.6 Å². The van der Waals surface area contributed by atoms with Gasteiger partial charge in [0.15, 0.2) is 5.16 Å². The van der Waals surface area contributed by atoms with Crippen molar-refractivity contribution in [1.82, 2.24) is 9.97 Å². The fourth-order valence-corrected chi connectivity index (χ4v) is 1.17. The molecule has 0 bridgehead atoms. The summed E-state index contributed by atoms with van der Waals surface area (Å²) in [5, 5.41) is 8.62. The zero-order valence-electron chi connectivity index (χ0n) is 6.07. The van der Waals surface area contributed by atoms with Crippen LogP contribution in [0.5, 0.6) is 0 Å². The van der Waals surface area contributed by atoms with Crippen molar-refractivity contribution in [1.29, 1.82) is 5.26 Å². The second kappa shape index (κ2) is 3.78. The van der Waals surface area contributed by atoms with Crippen molar-refractivity contribution in [3.8, 4) is 6.07 Å². The highest BCUT2D eigenvalue weighted by atomic mass is 32.2. The molecular weight excluding hydrogens is 176 g/mol. The molecule has 1 aromatic rings. The minimum Gasteiger partial charge on any atom is -0.383 e. The number of nitrogens with zero attached hydrogens (tertiary/aromatic N) is 2. The molecule has 0 amide bonds. The zero-order chi connectivity index (χ0) is 8.97. The number of nitriles is 1. The van der Waals surface area contributed by atoms with Crippen LogP contribution in [0.2, 0.25) is 0 Å². The summed E-state index contributed by atoms with van der Waals surface area (Å²) in [7, 11) is 0. The molecule has 0 unspecified atom stereocenters. The number of nitrogens with one attached hydrogen (secondary N) is 1. The summed E-state index contributed by atoms with van der Waals surface area (Å²) in [6, 6.07) is 3.11. The third kappa shape index (κ3) is 2.29. The number of aromatic nitrogens is 2. The van der Waals surface area contributed by atoms with E-state index >= 15 is 0 Å². The van der Waals surface area contributed by atoms with E-state index in [9.17, 15) is 4.79 Å². The molecule has 3 N–H and O–H groups in total. The molecule has 0 aliphatic rings. The third-order valence-electron chi connectivity index (χ3n) is 1.01. The lowest BCUT2D eigenvalue weighted by Crippen LogP contribution is -2.09. The van der Waals surface area contributed by atoms with Gasteiger partial charge in [0.25, 0.3) is 5.56 Å². The molecule has 12 heavy (non-hydrogen) atoms. The largest absolute Gasteiger partial charge is 0.383 e. The summed E-state index contributed by atoms with van der Waals surface area (Å²) in [5.74, 6) is 0.408. The van der Waals surface area contributed by atoms with Gasteiger partial charge in [-0.15, -0.1) is 0 Å². The Morgan fingerprint density at radius 2 is 2.58 bits per heavy atom. The molecule has 62 valence electrons. The van der Waals surface area contributed by atoms with E-state index in [1.807, 2.05) is 6.07 Å². The van der Waals surface area contributed by atoms with E-state index in [-0.39, 0.29) is 17.1 Å². The van der Waals surface area contributed by atoms with Crippen molar-refractivity contribution in [2.75, 3.05) is 11.5 Å². The molecule has 0 atom stereocenters. The van der Waals surface area contributed by atoms with Gasteiger partial charge in [0.1, 0.15) is 5.82 Å². The fourth-order valence-electron chi connectivity index (χ4n) is 0.622. The number of nitrogen functional groups attached to an aromatic ring is 1. The summed E-state index contributed by atoms with van der Waals surface area (Å²) >= 11 is 1.14. The van der Waals surface area contributed by atoms with E-state index in [0.29, 0.717) is 5.16 Å². The lowest BCUT2D eigenvalue weighted by Gasteiger charge is -1.95. The van der Waals surface area contributed by atoms with Crippen molar-refractivity contribution < 1.29 is 0 Å². The number of nitrogens with two attached hydrogens (primary N) is 1. The molecule has 0 aromatic carbocycles. The molecule has 5 nitrogen and oxygen atoms in total. The molecule has 1 rings (SSSR count). The summed E-state index contributed by atoms with van der Waals surface area (Å²) in [6.45, 7) is 0. The molecule has 1 heterocycles. The number of thioether (sulfide) groups is 1. The van der Waals surface area contributed by atoms with Gasteiger partial charge in [0.2, 0.25) is 0 Å². The average Bonchev–Trinajstić information content (AvgIpc) is 1.99. The van der Waals surface area contributed by atoms with Crippen LogP contribution in [-0.2, 0) is 0 Å². The van der Waals surface area contributed by atoms with E-state index < -0.39 is 0 Å². The monoisotopic (exact) mass is 182 g/mol. The molecule has 0 spiro atoms. The Labute approximate surface area is 72.6 Å². The summed E-state index contributed by atoms with van der Waals surface area (Å²) < 4.78 is 0. The molecular formula is C6H6N4OS. The lowest BCUT2D eigenvalue weighted by molar-refractivity contribution is 0.947. The van der Waals surface area contributed by atoms with E-state index in [1.54, 1.807) is 0 Å². The molecule has 1 aromatic heterocycles. The minimum absolute atomic E-state index is 0.166. The van der Waals surface area contributed by atoms with Gasteiger partial charge in [0.05, 0.1) is 11.8 Å². The quantitative estimate of drug-likeness (QED) is 0.494. The molecule has 0 saturated carbocycles. The average molecular weight is 182 g/mol. The SMILES string of the molecule is N#CCSc1nc(N)cc(=O)[nH]1. The number of rotatable bonds is 2. The van der Waals surface area contributed by atoms with Crippen molar-refractivity contribution >= 4 is 17.6 Å². The van der Waals surface area contributed by atoms with Crippen LogP contribution in [0.4, 0.5) is 5.82 Å². The van der Waals surface area contributed by atoms with Gasteiger partial charge in [-0.3, -0.25) is 4.79 Å². The Hall–Kier alpha value is -1.48. The van der Waals surface area contributed by atoms with Gasteiger partial charge in [-0.25, -0.2) is 4.98 Å². The molecule has 0 radical (unpaired) electrons. The van der Waals surface area contributed by atoms with Crippen molar-refractivity contribution in [2.45, 2.75) is 5.16 Å². The minimum atomic E-state index is -0.303. The Bertz CT molecular complexity index is 367. The first-order valence-corrected chi connectivity index (χ1v) is 4.07. The van der Waals surface area contributed by atoms with Gasteiger partial charge in [-0.1, -0.05) is 11.8 Å². The maximum absolute atomic E-state index is 10.8. The fraction of sp³-hybridized carbons (Fsp3) is 0.167. The Morgan fingerprint density at radius 1 is 1.83 bits per heavy atom. The third-order valence-corrected chi connectivity index (χ3v) is 1.75. The summed E-state index contributed by atoms with van der Waals surface area (Å²) in [5.41, 5.74) is 5.00. The highest BCUT2D eigenvalue weighted by molar-refractivity contribution is 7.99. The Balaban J connectivity index is 2.87. The van der Waals surface area contributed by atoms with Crippen LogP contribution >= 0.6 is 11.8 Å². The number of hydrogen-bond acceptors (Lipinski definition) is 5. The maximum Gasteiger partial charge on any atom is 0.253 e. The predicted molar refractivity (Wildman–Crippen MR) is 45.6 cm³/mol. The molecule has 0 aliphatic carbocycles. The maximum atomic E-state index is 10.8. The normalized spacial score (nSPS) is 9.25. The number of hydrogen-bond donors (Lipinski definition) is 2. The van der Waals surface area contributed by atoms with Crippen LogP contribution in [-0.4, -0.2) is 15.7 Å². The van der Waals surface area contributed by atoms with Gasteiger partial charge in [-0.2, -0.15) is 5.26 Å². The van der Waals surface area contributed by atoms with Crippen molar-refractivity contribution in [2.24, 2.45) is 0 Å². The van der Waals surface area contributed by atoms with E-state index in [4.69, 9.17) is 11.0 Å². The first-order valence-electron chi connectivity index (χ1n) is 3.09. The van der Waals surface area contributed by atoms with Crippen molar-refractivity contribution in [3.05, 3.63) is 16.4 Å². The van der Waals surface area contributed by atoms with Crippen LogP contribution < -0.4 is 11.3 Å². The van der Waals surface area contributed by atoms with Crippen molar-refractivity contribution in [3.63, 3.8) is 0 Å². The van der Waals surface area contributed by atoms with E-state index in [2.05, 4.69) is 9.97 Å². The predicted octanol–water partition coefficient (Wildman–Crippen LogP) is -0.0322. The first-order chi connectivity index (χ1) is 5.72. The number of H-pyrrole nitrogens is 1. The van der Waals surface area contributed by atoms with E-state index in [1.165, 1.54) is 6.07 Å². The smallest absolute Gasteiger partial charge is 0.253 e. The van der Waals surface area contributed by atoms with Crippen LogP contribution in [0.15, 0.2) is 16.0 Å². The highest BCUT2D eigenvalue weighted by Gasteiger charge is 1.97. The lowest BCUT2D eigenvalue weighted by atomic mass is 10.6. The van der Waals surface area contributed by atoms with Crippen LogP contribution in [0, 0.1) is 11.3 Å². The second-order valence-electron chi connectivity index (χ2n) is 1.92. The van der Waals surface area contributed by atoms with Crippen LogP contribution in [0.3, 0.4) is 0 Å². The number of anilines is 1. The summed E-state index contributed by atoms with van der Waals surface area (Å²) in [6.07, 6.45) is 0. The Kier molecular flexibility index (Phi) is 2.71. The highest BCUT2D eigenvalue weighted by Crippen LogP contribution is 2.09. The molecule has 6 heteroatoms. The molecule has 0 saturated heterocycles. The van der Waals surface area contributed by atoms with Crippen LogP contribution in [0.1, 0.15) is 0 Å².